The largest absolute Gasteiger partial charge is 0.461 e. The second kappa shape index (κ2) is 7.15. The van der Waals surface area contributed by atoms with Gasteiger partial charge in [0.25, 0.3) is 10.1 Å². The Kier molecular flexibility index (Phi) is 5.41. The molecule has 0 aliphatic heterocycles. The molecule has 1 N–H and O–H groups in total. The smallest absolute Gasteiger partial charge is 0.338 e. The van der Waals surface area contributed by atoms with Crippen LogP contribution in [0.4, 0.5) is 0 Å². The van der Waals surface area contributed by atoms with Gasteiger partial charge in [0.15, 0.2) is 0 Å². The van der Waals surface area contributed by atoms with Crippen molar-refractivity contribution in [2.45, 2.75) is 19.3 Å². The highest BCUT2D eigenvalue weighted by Crippen LogP contribution is 2.31. The van der Waals surface area contributed by atoms with Gasteiger partial charge in [-0.2, -0.15) is 8.42 Å². The summed E-state index contributed by atoms with van der Waals surface area (Å²) in [6, 6.07) is 17.0. The summed E-state index contributed by atoms with van der Waals surface area (Å²) < 4.78 is 34.7. The molecule has 0 radical (unpaired) electrons. The van der Waals surface area contributed by atoms with Crippen molar-refractivity contribution in [3.8, 4) is 0 Å². The minimum absolute atomic E-state index is 0.214. The van der Waals surface area contributed by atoms with Crippen LogP contribution in [0, 0.1) is 0 Å². The predicted octanol–water partition coefficient (Wildman–Crippen LogP) is 3.06. The fourth-order valence-electron chi connectivity index (χ4n) is 2.37. The average molecular weight is 348 g/mol. The molecule has 24 heavy (non-hydrogen) atoms. The molecule has 2 aromatic rings. The van der Waals surface area contributed by atoms with Crippen molar-refractivity contribution in [1.29, 1.82) is 0 Å². The van der Waals surface area contributed by atoms with Crippen molar-refractivity contribution in [2.75, 3.05) is 12.4 Å². The molecule has 0 heterocycles. The quantitative estimate of drug-likeness (QED) is 0.641. The third-order valence-corrected chi connectivity index (χ3v) is 4.59. The van der Waals surface area contributed by atoms with E-state index >= 15 is 0 Å². The van der Waals surface area contributed by atoms with Crippen LogP contribution in [0.25, 0.3) is 0 Å². The third kappa shape index (κ3) is 4.66. The minimum Gasteiger partial charge on any atom is -0.461 e. The van der Waals surface area contributed by atoms with Crippen molar-refractivity contribution >= 4 is 16.1 Å². The number of carbonyl (C=O) groups excluding carboxylic acids is 1. The maximum Gasteiger partial charge on any atom is 0.338 e. The fraction of sp³-hybridized carbons (Fsp3) is 0.278. The molecule has 5 nitrogen and oxygen atoms in total. The van der Waals surface area contributed by atoms with E-state index in [1.807, 2.05) is 30.3 Å². The van der Waals surface area contributed by atoms with Crippen molar-refractivity contribution in [2.24, 2.45) is 0 Å². The van der Waals surface area contributed by atoms with E-state index in [0.717, 1.165) is 11.1 Å². The van der Waals surface area contributed by atoms with Crippen molar-refractivity contribution in [3.05, 3.63) is 71.3 Å². The topological polar surface area (TPSA) is 80.7 Å². The lowest BCUT2D eigenvalue weighted by atomic mass is 9.78. The molecular formula is C18H20O5S. The van der Waals surface area contributed by atoms with Gasteiger partial charge in [0.2, 0.25) is 0 Å². The summed E-state index contributed by atoms with van der Waals surface area (Å²) in [7, 11) is -4.14. The zero-order valence-electron chi connectivity index (χ0n) is 13.6. The average Bonchev–Trinajstić information content (AvgIpc) is 2.54. The molecule has 0 unspecified atom stereocenters. The van der Waals surface area contributed by atoms with Crippen LogP contribution in [-0.4, -0.2) is 31.3 Å². The third-order valence-electron chi connectivity index (χ3n) is 3.91. The van der Waals surface area contributed by atoms with Gasteiger partial charge in [0.05, 0.1) is 5.56 Å². The standard InChI is InChI=1S/C18H20O5S/c1-18(2,15-6-4-3-5-7-15)16-10-8-14(9-11-16)17(19)23-12-13-24(20,21)22/h3-11H,12-13H2,1-2H3,(H,20,21,22). The number of hydrogen-bond donors (Lipinski definition) is 1. The molecule has 0 aromatic heterocycles. The van der Waals surface area contributed by atoms with Crippen LogP contribution < -0.4 is 0 Å². The van der Waals surface area contributed by atoms with Crippen molar-refractivity contribution < 1.29 is 22.5 Å². The zero-order chi connectivity index (χ0) is 17.8. The highest BCUT2D eigenvalue weighted by Gasteiger charge is 2.23. The summed E-state index contributed by atoms with van der Waals surface area (Å²) >= 11 is 0. The van der Waals surface area contributed by atoms with Crippen molar-refractivity contribution in [3.63, 3.8) is 0 Å². The summed E-state index contributed by atoms with van der Waals surface area (Å²) in [6.07, 6.45) is 0. The molecule has 0 spiro atoms. The first-order chi connectivity index (χ1) is 11.2. The number of esters is 1. The Balaban J connectivity index is 2.09. The first-order valence-corrected chi connectivity index (χ1v) is 9.09. The van der Waals surface area contributed by atoms with Crippen LogP contribution in [0.3, 0.4) is 0 Å². The van der Waals surface area contributed by atoms with Crippen LogP contribution in [0.1, 0.15) is 35.3 Å². The summed E-state index contributed by atoms with van der Waals surface area (Å²) in [5.74, 6) is -1.24. The van der Waals surface area contributed by atoms with Gasteiger partial charge in [-0.1, -0.05) is 56.3 Å². The summed E-state index contributed by atoms with van der Waals surface area (Å²) in [5.41, 5.74) is 2.32. The van der Waals surface area contributed by atoms with Gasteiger partial charge in [-0.25, -0.2) is 4.79 Å². The van der Waals surface area contributed by atoms with E-state index in [2.05, 4.69) is 26.0 Å². The Hall–Kier alpha value is -2.18. The van der Waals surface area contributed by atoms with Gasteiger partial charge in [0, 0.05) is 5.41 Å². The summed E-state index contributed by atoms with van der Waals surface area (Å²) in [4.78, 5) is 11.9. The van der Waals surface area contributed by atoms with Crippen LogP contribution in [0.15, 0.2) is 54.6 Å². The lowest BCUT2D eigenvalue weighted by Crippen LogP contribution is -2.19. The van der Waals surface area contributed by atoms with E-state index < -0.39 is 21.8 Å². The number of carbonyl (C=O) groups is 1. The van der Waals surface area contributed by atoms with E-state index in [1.165, 1.54) is 0 Å². The molecule has 2 aromatic carbocycles. The summed E-state index contributed by atoms with van der Waals surface area (Å²) in [5, 5.41) is 0. The predicted molar refractivity (Wildman–Crippen MR) is 91.7 cm³/mol. The van der Waals surface area contributed by atoms with E-state index in [4.69, 9.17) is 9.29 Å². The Labute approximate surface area is 142 Å². The second-order valence-corrected chi connectivity index (χ2v) is 7.56. The molecule has 128 valence electrons. The lowest BCUT2D eigenvalue weighted by Gasteiger charge is -2.26. The normalized spacial score (nSPS) is 12.0. The molecule has 2 rings (SSSR count). The SMILES string of the molecule is CC(C)(c1ccccc1)c1ccc(C(=O)OCCS(=O)(=O)O)cc1. The highest BCUT2D eigenvalue weighted by atomic mass is 32.2. The molecular weight excluding hydrogens is 328 g/mol. The van der Waals surface area contributed by atoms with Crippen molar-refractivity contribution in [1.82, 2.24) is 0 Å². The van der Waals surface area contributed by atoms with Gasteiger partial charge in [-0.15, -0.1) is 0 Å². The van der Waals surface area contributed by atoms with Crippen LogP contribution >= 0.6 is 0 Å². The van der Waals surface area contributed by atoms with Gasteiger partial charge in [-0.05, 0) is 23.3 Å². The number of hydrogen-bond acceptors (Lipinski definition) is 4. The molecule has 0 atom stereocenters. The maximum absolute atomic E-state index is 11.9. The van der Waals surface area contributed by atoms with E-state index in [1.54, 1.807) is 12.1 Å². The van der Waals surface area contributed by atoms with E-state index in [9.17, 15) is 13.2 Å². The zero-order valence-corrected chi connectivity index (χ0v) is 14.4. The van der Waals surface area contributed by atoms with Crippen LogP contribution in [0.5, 0.6) is 0 Å². The minimum atomic E-state index is -4.14. The molecule has 0 amide bonds. The number of ether oxygens (including phenoxy) is 1. The first kappa shape index (κ1) is 18.2. The van der Waals surface area contributed by atoms with Gasteiger partial charge < -0.3 is 4.74 Å². The molecule has 6 heteroatoms. The molecule has 0 aliphatic rings. The first-order valence-electron chi connectivity index (χ1n) is 7.48. The second-order valence-electron chi connectivity index (χ2n) is 5.99. The molecule has 0 saturated carbocycles. The fourth-order valence-corrected chi connectivity index (χ4v) is 2.66. The molecule has 0 saturated heterocycles. The molecule has 0 aliphatic carbocycles. The van der Waals surface area contributed by atoms with E-state index in [-0.39, 0.29) is 12.0 Å². The Bertz CT molecular complexity index is 793. The molecule has 0 fully saturated rings. The number of benzene rings is 2. The molecule has 0 bridgehead atoms. The van der Waals surface area contributed by atoms with Crippen LogP contribution in [0.2, 0.25) is 0 Å². The Morgan fingerprint density at radius 2 is 1.54 bits per heavy atom. The van der Waals surface area contributed by atoms with Gasteiger partial charge in [0.1, 0.15) is 12.4 Å². The highest BCUT2D eigenvalue weighted by molar-refractivity contribution is 7.85. The lowest BCUT2D eigenvalue weighted by molar-refractivity contribution is 0.0528. The summed E-state index contributed by atoms with van der Waals surface area (Å²) in [6.45, 7) is 3.82. The monoisotopic (exact) mass is 348 g/mol. The van der Waals surface area contributed by atoms with Crippen LogP contribution in [-0.2, 0) is 20.3 Å². The Morgan fingerprint density at radius 3 is 2.08 bits per heavy atom. The van der Waals surface area contributed by atoms with E-state index in [0.29, 0.717) is 5.56 Å². The maximum atomic E-state index is 11.9. The Morgan fingerprint density at radius 1 is 1.00 bits per heavy atom. The van der Waals surface area contributed by atoms with Gasteiger partial charge >= 0.3 is 5.97 Å². The number of rotatable bonds is 6. The van der Waals surface area contributed by atoms with Gasteiger partial charge in [-0.3, -0.25) is 4.55 Å².